The van der Waals surface area contributed by atoms with E-state index in [0.29, 0.717) is 0 Å². The fourth-order valence-electron chi connectivity index (χ4n) is 1.97. The van der Waals surface area contributed by atoms with Crippen molar-refractivity contribution < 1.29 is 4.48 Å². The number of hydrogen-bond donors (Lipinski definition) is 3. The molecule has 4 heteroatoms. The van der Waals surface area contributed by atoms with Crippen molar-refractivity contribution in [2.24, 2.45) is 0 Å². The Morgan fingerprint density at radius 2 is 2.12 bits per heavy atom. The van der Waals surface area contributed by atoms with E-state index in [0.717, 1.165) is 42.0 Å². The molecule has 1 heterocycles. The third kappa shape index (κ3) is 3.39. The highest BCUT2D eigenvalue weighted by atomic mass is 15.4. The molecule has 17 heavy (non-hydrogen) atoms. The Kier molecular flexibility index (Phi) is 3.54. The molecule has 92 valence electrons. The van der Waals surface area contributed by atoms with Gasteiger partial charge in [-0.25, -0.2) is 0 Å². The highest BCUT2D eigenvalue weighted by molar-refractivity contribution is 5.51. The minimum atomic E-state index is 0.807. The summed E-state index contributed by atoms with van der Waals surface area (Å²) in [5, 5.41) is 6.64. The van der Waals surface area contributed by atoms with Gasteiger partial charge in [-0.2, -0.15) is 0 Å². The molecular weight excluding hydrogens is 212 g/mol. The van der Waals surface area contributed by atoms with Crippen molar-refractivity contribution >= 4 is 11.4 Å². The standard InChI is InChI=1S/C13H21N4/c1-17(10-8-15-11-17)9-2-7-16-13-5-3-12(14)4-6-13/h3-6,8,10,15-16H,2,7,9,11,14H2,1H3/q+1. The maximum Gasteiger partial charge on any atom is 0.155 e. The Bertz CT molecular complexity index is 385. The van der Waals surface area contributed by atoms with Gasteiger partial charge in [-0.1, -0.05) is 0 Å². The van der Waals surface area contributed by atoms with Crippen molar-refractivity contribution in [1.29, 1.82) is 0 Å². The second kappa shape index (κ2) is 5.10. The van der Waals surface area contributed by atoms with Gasteiger partial charge >= 0.3 is 0 Å². The molecule has 1 aromatic carbocycles. The molecule has 4 nitrogen and oxygen atoms in total. The Morgan fingerprint density at radius 3 is 2.76 bits per heavy atom. The number of anilines is 2. The lowest BCUT2D eigenvalue weighted by Crippen LogP contribution is -2.41. The van der Waals surface area contributed by atoms with Gasteiger partial charge in [0.15, 0.2) is 6.67 Å². The van der Waals surface area contributed by atoms with Gasteiger partial charge in [0, 0.05) is 24.3 Å². The first-order valence-electron chi connectivity index (χ1n) is 6.03. The molecule has 0 radical (unpaired) electrons. The largest absolute Gasteiger partial charge is 0.399 e. The van der Waals surface area contributed by atoms with Gasteiger partial charge < -0.3 is 16.4 Å². The van der Waals surface area contributed by atoms with E-state index in [-0.39, 0.29) is 0 Å². The first-order chi connectivity index (χ1) is 8.18. The molecule has 1 aliphatic rings. The predicted molar refractivity (Wildman–Crippen MR) is 72.2 cm³/mol. The van der Waals surface area contributed by atoms with E-state index >= 15 is 0 Å². The second-order valence-corrected chi connectivity index (χ2v) is 4.78. The van der Waals surface area contributed by atoms with Crippen LogP contribution in [0.2, 0.25) is 0 Å². The number of quaternary nitrogens is 1. The zero-order valence-corrected chi connectivity index (χ0v) is 10.3. The summed E-state index contributed by atoms with van der Waals surface area (Å²) < 4.78 is 0.976. The topological polar surface area (TPSA) is 50.1 Å². The Hall–Kier alpha value is -1.68. The van der Waals surface area contributed by atoms with E-state index in [1.807, 2.05) is 30.5 Å². The van der Waals surface area contributed by atoms with Crippen molar-refractivity contribution in [3.05, 3.63) is 36.7 Å². The molecule has 0 amide bonds. The first-order valence-corrected chi connectivity index (χ1v) is 6.03. The quantitative estimate of drug-likeness (QED) is 0.411. The fraction of sp³-hybridized carbons (Fsp3) is 0.385. The molecule has 1 aromatic rings. The summed E-state index contributed by atoms with van der Waals surface area (Å²) >= 11 is 0. The number of nitrogens with two attached hydrogens (primary N) is 1. The van der Waals surface area contributed by atoms with Gasteiger partial charge in [0.25, 0.3) is 0 Å². The number of nitrogen functional groups attached to an aromatic ring is 1. The van der Waals surface area contributed by atoms with E-state index in [4.69, 9.17) is 5.73 Å². The van der Waals surface area contributed by atoms with Crippen LogP contribution in [-0.4, -0.2) is 31.3 Å². The fourth-order valence-corrected chi connectivity index (χ4v) is 1.97. The predicted octanol–water partition coefficient (Wildman–Crippen LogP) is 1.55. The van der Waals surface area contributed by atoms with Crippen LogP contribution in [0.1, 0.15) is 6.42 Å². The van der Waals surface area contributed by atoms with Gasteiger partial charge in [-0.15, -0.1) is 0 Å². The molecule has 0 aliphatic carbocycles. The van der Waals surface area contributed by atoms with Crippen LogP contribution >= 0.6 is 0 Å². The maximum absolute atomic E-state index is 5.64. The lowest BCUT2D eigenvalue weighted by Gasteiger charge is -2.25. The van der Waals surface area contributed by atoms with E-state index in [9.17, 15) is 0 Å². The summed E-state index contributed by atoms with van der Waals surface area (Å²) in [6.45, 7) is 3.14. The van der Waals surface area contributed by atoms with Crippen LogP contribution in [0.4, 0.5) is 11.4 Å². The molecule has 0 aromatic heterocycles. The van der Waals surface area contributed by atoms with Crippen molar-refractivity contribution in [3.63, 3.8) is 0 Å². The van der Waals surface area contributed by atoms with E-state index < -0.39 is 0 Å². The van der Waals surface area contributed by atoms with Gasteiger partial charge in [0.2, 0.25) is 0 Å². The van der Waals surface area contributed by atoms with Crippen LogP contribution < -0.4 is 16.4 Å². The Morgan fingerprint density at radius 1 is 1.35 bits per heavy atom. The lowest BCUT2D eigenvalue weighted by molar-refractivity contribution is -0.855. The molecule has 0 fully saturated rings. The Labute approximate surface area is 103 Å². The Balaban J connectivity index is 1.69. The molecule has 0 bridgehead atoms. The van der Waals surface area contributed by atoms with Crippen molar-refractivity contribution in [2.45, 2.75) is 6.42 Å². The van der Waals surface area contributed by atoms with Crippen molar-refractivity contribution in [2.75, 3.05) is 37.9 Å². The van der Waals surface area contributed by atoms with Gasteiger partial charge in [0.1, 0.15) is 6.20 Å². The number of benzene rings is 1. The molecule has 1 atom stereocenters. The highest BCUT2D eigenvalue weighted by Gasteiger charge is 2.20. The molecule has 0 saturated carbocycles. The van der Waals surface area contributed by atoms with E-state index in [2.05, 4.69) is 23.9 Å². The SMILES string of the molecule is C[N+]1(CCCNc2ccc(N)cc2)C=CNC1. The average molecular weight is 233 g/mol. The molecule has 0 spiro atoms. The zero-order valence-electron chi connectivity index (χ0n) is 10.3. The number of nitrogens with one attached hydrogen (secondary N) is 2. The summed E-state index contributed by atoms with van der Waals surface area (Å²) in [6, 6.07) is 7.87. The molecular formula is C13H21N4+. The van der Waals surface area contributed by atoms with E-state index in [1.54, 1.807) is 0 Å². The summed E-state index contributed by atoms with van der Waals surface area (Å²) in [4.78, 5) is 0. The van der Waals surface area contributed by atoms with E-state index in [1.165, 1.54) is 0 Å². The van der Waals surface area contributed by atoms with Crippen LogP contribution in [0.3, 0.4) is 0 Å². The third-order valence-corrected chi connectivity index (χ3v) is 3.09. The number of hydrogen-bond acceptors (Lipinski definition) is 3. The second-order valence-electron chi connectivity index (χ2n) is 4.78. The molecule has 1 unspecified atom stereocenters. The normalized spacial score (nSPS) is 22.4. The molecule has 1 aliphatic heterocycles. The maximum atomic E-state index is 5.64. The van der Waals surface area contributed by atoms with Crippen LogP contribution in [0.5, 0.6) is 0 Å². The number of rotatable bonds is 5. The van der Waals surface area contributed by atoms with Gasteiger partial charge in [-0.3, -0.25) is 4.48 Å². The number of nitrogens with zero attached hydrogens (tertiary/aromatic N) is 1. The summed E-state index contributed by atoms with van der Waals surface area (Å²) in [6.07, 6.45) is 5.39. The van der Waals surface area contributed by atoms with Crippen LogP contribution in [0.15, 0.2) is 36.7 Å². The van der Waals surface area contributed by atoms with Crippen LogP contribution in [-0.2, 0) is 0 Å². The smallest absolute Gasteiger partial charge is 0.155 e. The molecule has 2 rings (SSSR count). The summed E-state index contributed by atoms with van der Waals surface area (Å²) in [5.41, 5.74) is 7.58. The van der Waals surface area contributed by atoms with Crippen molar-refractivity contribution in [1.82, 2.24) is 5.32 Å². The van der Waals surface area contributed by atoms with Gasteiger partial charge in [-0.05, 0) is 24.3 Å². The van der Waals surface area contributed by atoms with Crippen molar-refractivity contribution in [3.8, 4) is 0 Å². The van der Waals surface area contributed by atoms with Crippen LogP contribution in [0.25, 0.3) is 0 Å². The summed E-state index contributed by atoms with van der Waals surface area (Å²) in [7, 11) is 2.24. The molecule has 4 N–H and O–H groups in total. The molecule has 0 saturated heterocycles. The minimum Gasteiger partial charge on any atom is -0.399 e. The highest BCUT2D eigenvalue weighted by Crippen LogP contribution is 2.11. The monoisotopic (exact) mass is 233 g/mol. The average Bonchev–Trinajstić information content (AvgIpc) is 2.74. The minimum absolute atomic E-state index is 0.807. The zero-order chi connectivity index (χ0) is 12.1. The first kappa shape index (κ1) is 11.8. The third-order valence-electron chi connectivity index (χ3n) is 3.09. The van der Waals surface area contributed by atoms with Gasteiger partial charge in [0.05, 0.1) is 19.8 Å². The van der Waals surface area contributed by atoms with Crippen LogP contribution in [0, 0.1) is 0 Å². The summed E-state index contributed by atoms with van der Waals surface area (Å²) in [5.74, 6) is 0. The lowest BCUT2D eigenvalue weighted by atomic mass is 10.3.